The highest BCUT2D eigenvalue weighted by Gasteiger charge is 2.04. The lowest BCUT2D eigenvalue weighted by molar-refractivity contribution is -0.114. The summed E-state index contributed by atoms with van der Waals surface area (Å²) in [5, 5.41) is 6.70. The average Bonchev–Trinajstić information content (AvgIpc) is 2.50. The number of nitrogens with one attached hydrogen (secondary N) is 1. The van der Waals surface area contributed by atoms with E-state index in [1.54, 1.807) is 17.1 Å². The molecule has 0 saturated carbocycles. The van der Waals surface area contributed by atoms with Crippen molar-refractivity contribution in [1.82, 2.24) is 9.78 Å². The van der Waals surface area contributed by atoms with Gasteiger partial charge in [0.1, 0.15) is 0 Å². The van der Waals surface area contributed by atoms with Gasteiger partial charge in [0.25, 0.3) is 0 Å². The van der Waals surface area contributed by atoms with E-state index in [4.69, 9.17) is 5.73 Å². The maximum absolute atomic E-state index is 10.7. The highest BCUT2D eigenvalue weighted by molar-refractivity contribution is 5.88. The molecule has 0 spiro atoms. The molecule has 0 radical (unpaired) electrons. The Bertz CT molecular complexity index is 294. The lowest BCUT2D eigenvalue weighted by atomic mass is 10.3. The zero-order valence-electron chi connectivity index (χ0n) is 7.82. The molecule has 0 aliphatic heterocycles. The van der Waals surface area contributed by atoms with Crippen LogP contribution in [-0.2, 0) is 4.79 Å². The number of amides is 1. The molecule has 1 atom stereocenters. The van der Waals surface area contributed by atoms with Crippen molar-refractivity contribution >= 4 is 11.6 Å². The largest absolute Gasteiger partial charge is 0.328 e. The predicted octanol–water partition coefficient (Wildman–Crippen LogP) is 0.361. The molecule has 1 aromatic heterocycles. The molecule has 3 N–H and O–H groups in total. The fraction of sp³-hybridized carbons (Fsp3) is 0.500. The molecule has 5 nitrogen and oxygen atoms in total. The van der Waals surface area contributed by atoms with Gasteiger partial charge < -0.3 is 11.1 Å². The van der Waals surface area contributed by atoms with Crippen molar-refractivity contribution in [3.8, 4) is 0 Å². The molecule has 0 saturated heterocycles. The van der Waals surface area contributed by atoms with Crippen LogP contribution in [0, 0.1) is 0 Å². The number of anilines is 1. The van der Waals surface area contributed by atoms with Gasteiger partial charge in [-0.1, -0.05) is 0 Å². The van der Waals surface area contributed by atoms with Crippen molar-refractivity contribution in [3.63, 3.8) is 0 Å². The lowest BCUT2D eigenvalue weighted by Crippen LogP contribution is -2.16. The van der Waals surface area contributed by atoms with E-state index >= 15 is 0 Å². The molecule has 0 aromatic carbocycles. The zero-order chi connectivity index (χ0) is 9.84. The number of aromatic nitrogens is 2. The van der Waals surface area contributed by atoms with Crippen LogP contribution in [-0.4, -0.2) is 22.2 Å². The molecule has 72 valence electrons. The summed E-state index contributed by atoms with van der Waals surface area (Å²) >= 11 is 0. The van der Waals surface area contributed by atoms with Crippen LogP contribution >= 0.6 is 0 Å². The molecule has 0 aliphatic carbocycles. The summed E-state index contributed by atoms with van der Waals surface area (Å²) < 4.78 is 1.73. The number of nitrogens with zero attached hydrogens (tertiary/aromatic N) is 2. The smallest absolute Gasteiger partial charge is 0.221 e. The van der Waals surface area contributed by atoms with E-state index in [1.165, 1.54) is 6.92 Å². The first kappa shape index (κ1) is 9.73. The van der Waals surface area contributed by atoms with Crippen molar-refractivity contribution in [2.45, 2.75) is 19.9 Å². The van der Waals surface area contributed by atoms with E-state index in [0.29, 0.717) is 12.2 Å². The standard InChI is InChI=1S/C8H14N4O/c1-6(3-9)12-5-8(4-10-12)11-7(2)13/h4-6H,3,9H2,1-2H3,(H,11,13). The number of carbonyl (C=O) groups excluding carboxylic acids is 1. The summed E-state index contributed by atoms with van der Waals surface area (Å²) in [7, 11) is 0. The topological polar surface area (TPSA) is 72.9 Å². The van der Waals surface area contributed by atoms with Crippen LogP contribution in [0.15, 0.2) is 12.4 Å². The molecule has 1 unspecified atom stereocenters. The van der Waals surface area contributed by atoms with Crippen LogP contribution in [0.25, 0.3) is 0 Å². The Hall–Kier alpha value is -1.36. The molecule has 1 amide bonds. The molecule has 1 aromatic rings. The second-order valence-corrected chi connectivity index (χ2v) is 2.97. The maximum Gasteiger partial charge on any atom is 0.221 e. The van der Waals surface area contributed by atoms with Crippen LogP contribution in [0.5, 0.6) is 0 Å². The predicted molar refractivity (Wildman–Crippen MR) is 50.3 cm³/mol. The molecule has 13 heavy (non-hydrogen) atoms. The third-order valence-electron chi connectivity index (χ3n) is 1.71. The average molecular weight is 182 g/mol. The van der Waals surface area contributed by atoms with E-state index < -0.39 is 0 Å². The van der Waals surface area contributed by atoms with Gasteiger partial charge in [0.15, 0.2) is 0 Å². The Kier molecular flexibility index (Phi) is 3.02. The minimum atomic E-state index is -0.0973. The minimum Gasteiger partial charge on any atom is -0.328 e. The minimum absolute atomic E-state index is 0.0973. The third-order valence-corrected chi connectivity index (χ3v) is 1.71. The summed E-state index contributed by atoms with van der Waals surface area (Å²) in [6, 6.07) is 0.155. The van der Waals surface area contributed by atoms with Crippen LogP contribution in [0.2, 0.25) is 0 Å². The summed E-state index contributed by atoms with van der Waals surface area (Å²) in [6.07, 6.45) is 3.37. The molecule has 0 bridgehead atoms. The number of hydrogen-bond donors (Lipinski definition) is 2. The summed E-state index contributed by atoms with van der Waals surface area (Å²) in [6.45, 7) is 3.95. The summed E-state index contributed by atoms with van der Waals surface area (Å²) in [5.41, 5.74) is 6.17. The lowest BCUT2D eigenvalue weighted by Gasteiger charge is -2.07. The second kappa shape index (κ2) is 4.04. The fourth-order valence-electron chi connectivity index (χ4n) is 0.955. The van der Waals surface area contributed by atoms with Gasteiger partial charge in [0.2, 0.25) is 5.91 Å². The van der Waals surface area contributed by atoms with Gasteiger partial charge in [0.05, 0.1) is 17.9 Å². The van der Waals surface area contributed by atoms with E-state index in [0.717, 1.165) is 0 Å². The normalized spacial score (nSPS) is 12.5. The molecule has 0 fully saturated rings. The van der Waals surface area contributed by atoms with E-state index in [-0.39, 0.29) is 11.9 Å². The maximum atomic E-state index is 10.7. The SMILES string of the molecule is CC(=O)Nc1cnn(C(C)CN)c1. The Labute approximate surface area is 76.9 Å². The van der Waals surface area contributed by atoms with Gasteiger partial charge in [-0.05, 0) is 6.92 Å². The first-order valence-corrected chi connectivity index (χ1v) is 4.15. The van der Waals surface area contributed by atoms with Crippen LogP contribution in [0.1, 0.15) is 19.9 Å². The van der Waals surface area contributed by atoms with Gasteiger partial charge in [-0.15, -0.1) is 0 Å². The van der Waals surface area contributed by atoms with Crippen molar-refractivity contribution in [2.75, 3.05) is 11.9 Å². The molecular formula is C8H14N4O. The first-order chi connectivity index (χ1) is 6.13. The van der Waals surface area contributed by atoms with E-state index in [1.807, 2.05) is 6.92 Å². The fourth-order valence-corrected chi connectivity index (χ4v) is 0.955. The second-order valence-electron chi connectivity index (χ2n) is 2.97. The van der Waals surface area contributed by atoms with Gasteiger partial charge in [-0.25, -0.2) is 0 Å². The van der Waals surface area contributed by atoms with Crippen LogP contribution < -0.4 is 11.1 Å². The van der Waals surface area contributed by atoms with Gasteiger partial charge in [0, 0.05) is 19.7 Å². The third kappa shape index (κ3) is 2.55. The monoisotopic (exact) mass is 182 g/mol. The molecule has 0 aliphatic rings. The van der Waals surface area contributed by atoms with Gasteiger partial charge in [-0.3, -0.25) is 9.48 Å². The van der Waals surface area contributed by atoms with Gasteiger partial charge >= 0.3 is 0 Å². The molecule has 1 rings (SSSR count). The molecular weight excluding hydrogens is 168 g/mol. The Morgan fingerprint density at radius 2 is 2.54 bits per heavy atom. The summed E-state index contributed by atoms with van der Waals surface area (Å²) in [5.74, 6) is -0.0973. The van der Waals surface area contributed by atoms with Crippen molar-refractivity contribution in [3.05, 3.63) is 12.4 Å². The number of rotatable bonds is 3. The van der Waals surface area contributed by atoms with E-state index in [2.05, 4.69) is 10.4 Å². The van der Waals surface area contributed by atoms with Crippen molar-refractivity contribution in [2.24, 2.45) is 5.73 Å². The highest BCUT2D eigenvalue weighted by atomic mass is 16.1. The van der Waals surface area contributed by atoms with E-state index in [9.17, 15) is 4.79 Å². The Morgan fingerprint density at radius 3 is 3.08 bits per heavy atom. The number of nitrogens with two attached hydrogens (primary N) is 1. The Morgan fingerprint density at radius 1 is 1.85 bits per heavy atom. The quantitative estimate of drug-likeness (QED) is 0.709. The highest BCUT2D eigenvalue weighted by Crippen LogP contribution is 2.09. The zero-order valence-corrected chi connectivity index (χ0v) is 7.82. The van der Waals surface area contributed by atoms with Crippen molar-refractivity contribution < 1.29 is 4.79 Å². The Balaban J connectivity index is 2.68. The van der Waals surface area contributed by atoms with Gasteiger partial charge in [-0.2, -0.15) is 5.10 Å². The van der Waals surface area contributed by atoms with Crippen LogP contribution in [0.4, 0.5) is 5.69 Å². The first-order valence-electron chi connectivity index (χ1n) is 4.15. The van der Waals surface area contributed by atoms with Crippen molar-refractivity contribution in [1.29, 1.82) is 0 Å². The summed E-state index contributed by atoms with van der Waals surface area (Å²) in [4.78, 5) is 10.7. The molecule has 5 heteroatoms. The molecule has 1 heterocycles. The number of carbonyl (C=O) groups is 1. The van der Waals surface area contributed by atoms with Crippen LogP contribution in [0.3, 0.4) is 0 Å². The number of hydrogen-bond acceptors (Lipinski definition) is 3.